The summed E-state index contributed by atoms with van der Waals surface area (Å²) in [5, 5.41) is 10.9. The number of halogens is 3. The summed E-state index contributed by atoms with van der Waals surface area (Å²) >= 11 is 0. The van der Waals surface area contributed by atoms with E-state index in [1.54, 1.807) is 7.05 Å². The molecule has 0 fully saturated rings. The third-order valence-corrected chi connectivity index (χ3v) is 4.22. The van der Waals surface area contributed by atoms with E-state index in [0.29, 0.717) is 24.5 Å². The van der Waals surface area contributed by atoms with E-state index < -0.39 is 11.6 Å². The number of aryl methyl sites for hydroxylation is 2. The number of hydrogen-bond donors (Lipinski definition) is 2. The predicted molar refractivity (Wildman–Crippen MR) is 107 cm³/mol. The summed E-state index contributed by atoms with van der Waals surface area (Å²) in [4.78, 5) is 8.59. The lowest BCUT2D eigenvalue weighted by Gasteiger charge is -2.25. The van der Waals surface area contributed by atoms with Crippen molar-refractivity contribution in [1.82, 2.24) is 25.4 Å². The Morgan fingerprint density at radius 1 is 1.38 bits per heavy atom. The van der Waals surface area contributed by atoms with Gasteiger partial charge in [0.25, 0.3) is 0 Å². The number of nitrogens with one attached hydrogen (secondary N) is 2. The molecule has 26 heavy (non-hydrogen) atoms. The molecule has 1 aliphatic rings. The number of guanidine groups is 1. The zero-order valence-corrected chi connectivity index (χ0v) is 17.1. The van der Waals surface area contributed by atoms with Crippen molar-refractivity contribution in [3.05, 3.63) is 47.0 Å². The van der Waals surface area contributed by atoms with Gasteiger partial charge in [0, 0.05) is 26.1 Å². The van der Waals surface area contributed by atoms with E-state index >= 15 is 0 Å². The number of nitrogens with zero attached hydrogens (tertiary/aromatic N) is 4. The molecule has 0 aliphatic carbocycles. The van der Waals surface area contributed by atoms with Gasteiger partial charge in [0.1, 0.15) is 23.3 Å². The van der Waals surface area contributed by atoms with Crippen molar-refractivity contribution in [2.45, 2.75) is 38.8 Å². The van der Waals surface area contributed by atoms with Gasteiger partial charge in [0.2, 0.25) is 0 Å². The van der Waals surface area contributed by atoms with Crippen LogP contribution in [0.25, 0.3) is 0 Å². The van der Waals surface area contributed by atoms with Crippen LogP contribution in [-0.2, 0) is 19.4 Å². The Kier molecular flexibility index (Phi) is 7.30. The van der Waals surface area contributed by atoms with Crippen LogP contribution in [0, 0.1) is 18.6 Å². The Balaban J connectivity index is 0.00000243. The van der Waals surface area contributed by atoms with Gasteiger partial charge >= 0.3 is 0 Å². The lowest BCUT2D eigenvalue weighted by molar-refractivity contribution is 0.392. The van der Waals surface area contributed by atoms with Crippen LogP contribution in [-0.4, -0.2) is 40.4 Å². The second kappa shape index (κ2) is 9.24. The minimum absolute atomic E-state index is 0. The van der Waals surface area contributed by atoms with E-state index in [9.17, 15) is 8.78 Å². The molecule has 1 atom stereocenters. The topological polar surface area (TPSA) is 67.1 Å². The van der Waals surface area contributed by atoms with Crippen molar-refractivity contribution in [1.29, 1.82) is 0 Å². The van der Waals surface area contributed by atoms with Crippen molar-refractivity contribution >= 4 is 29.9 Å². The normalized spacial score (nSPS) is 16.6. The molecule has 1 aliphatic heterocycles. The maximum absolute atomic E-state index is 13.6. The largest absolute Gasteiger partial charge is 0.356 e. The number of fused-ring (bicyclic) bond motifs is 1. The van der Waals surface area contributed by atoms with Crippen LogP contribution in [0.2, 0.25) is 0 Å². The van der Waals surface area contributed by atoms with Crippen molar-refractivity contribution in [2.24, 2.45) is 4.99 Å². The summed E-state index contributed by atoms with van der Waals surface area (Å²) in [6.45, 7) is 3.08. The molecule has 0 spiro atoms. The molecular formula is C17H23F2IN6. The zero-order valence-electron chi connectivity index (χ0n) is 14.8. The Morgan fingerprint density at radius 2 is 2.19 bits per heavy atom. The molecule has 2 heterocycles. The summed E-state index contributed by atoms with van der Waals surface area (Å²) in [6.07, 6.45) is 2.18. The van der Waals surface area contributed by atoms with Gasteiger partial charge in [-0.25, -0.2) is 18.4 Å². The van der Waals surface area contributed by atoms with Crippen molar-refractivity contribution < 1.29 is 8.78 Å². The second-order valence-electron chi connectivity index (χ2n) is 6.12. The second-order valence-corrected chi connectivity index (χ2v) is 6.12. The summed E-state index contributed by atoms with van der Waals surface area (Å²) in [7, 11) is 1.69. The SMILES string of the molecule is CN=C(NCCc1cc(F)ccc1F)NC1CCc2nc(C)nn2C1.I. The van der Waals surface area contributed by atoms with Crippen molar-refractivity contribution in [3.8, 4) is 0 Å². The molecule has 2 aromatic rings. The standard InChI is InChI=1S/C17H22F2N6.HI/c1-11-22-16-6-4-14(10-25(16)24-11)23-17(20-2)21-8-7-12-9-13(18)3-5-15(12)19;/h3,5,9,14H,4,6-8,10H2,1-2H3,(H2,20,21,23);1H. The molecule has 3 rings (SSSR count). The molecule has 9 heteroatoms. The highest BCUT2D eigenvalue weighted by atomic mass is 127. The third-order valence-electron chi connectivity index (χ3n) is 4.22. The number of rotatable bonds is 4. The van der Waals surface area contributed by atoms with Gasteiger partial charge in [-0.05, 0) is 43.5 Å². The fourth-order valence-corrected chi connectivity index (χ4v) is 2.99. The molecule has 2 N–H and O–H groups in total. The Hall–Kier alpha value is -1.78. The summed E-state index contributed by atoms with van der Waals surface area (Å²) in [5.41, 5.74) is 0.350. The predicted octanol–water partition coefficient (Wildman–Crippen LogP) is 2.21. The minimum Gasteiger partial charge on any atom is -0.356 e. The van der Waals surface area contributed by atoms with Gasteiger partial charge < -0.3 is 10.6 Å². The van der Waals surface area contributed by atoms with E-state index in [0.717, 1.165) is 43.2 Å². The molecule has 1 aromatic carbocycles. The first-order chi connectivity index (χ1) is 12.0. The average molecular weight is 476 g/mol. The maximum Gasteiger partial charge on any atom is 0.191 e. The van der Waals surface area contributed by atoms with Gasteiger partial charge in [0.05, 0.1) is 6.54 Å². The summed E-state index contributed by atoms with van der Waals surface area (Å²) < 4.78 is 28.8. The Bertz CT molecular complexity index is 777. The van der Waals surface area contributed by atoms with E-state index in [2.05, 4.69) is 25.7 Å². The molecule has 0 saturated heterocycles. The lowest BCUT2D eigenvalue weighted by Crippen LogP contribution is -2.47. The van der Waals surface area contributed by atoms with Crippen LogP contribution in [0.1, 0.15) is 23.6 Å². The number of benzene rings is 1. The molecule has 0 radical (unpaired) electrons. The first-order valence-corrected chi connectivity index (χ1v) is 8.36. The maximum atomic E-state index is 13.6. The van der Waals surface area contributed by atoms with Crippen molar-refractivity contribution in [2.75, 3.05) is 13.6 Å². The van der Waals surface area contributed by atoms with Gasteiger partial charge in [-0.15, -0.1) is 24.0 Å². The van der Waals surface area contributed by atoms with E-state index in [4.69, 9.17) is 0 Å². The Morgan fingerprint density at radius 3 is 2.96 bits per heavy atom. The first kappa shape index (κ1) is 20.5. The highest BCUT2D eigenvalue weighted by molar-refractivity contribution is 14.0. The lowest BCUT2D eigenvalue weighted by atomic mass is 10.1. The van der Waals surface area contributed by atoms with Crippen molar-refractivity contribution in [3.63, 3.8) is 0 Å². The van der Waals surface area contributed by atoms with Crippen LogP contribution in [0.3, 0.4) is 0 Å². The van der Waals surface area contributed by atoms with Gasteiger partial charge in [-0.3, -0.25) is 4.99 Å². The zero-order chi connectivity index (χ0) is 17.8. The van der Waals surface area contributed by atoms with Crippen LogP contribution < -0.4 is 10.6 Å². The molecule has 0 saturated carbocycles. The van der Waals surface area contributed by atoms with Crippen LogP contribution >= 0.6 is 24.0 Å². The molecule has 1 unspecified atom stereocenters. The van der Waals surface area contributed by atoms with E-state index in [1.165, 1.54) is 6.07 Å². The molecule has 0 amide bonds. The molecule has 142 valence electrons. The van der Waals surface area contributed by atoms with Crippen LogP contribution in [0.15, 0.2) is 23.2 Å². The molecule has 6 nitrogen and oxygen atoms in total. The number of aromatic nitrogens is 3. The molecule has 1 aromatic heterocycles. The van der Waals surface area contributed by atoms with Crippen LogP contribution in [0.5, 0.6) is 0 Å². The summed E-state index contributed by atoms with van der Waals surface area (Å²) in [5.74, 6) is 1.62. The minimum atomic E-state index is -0.431. The van der Waals surface area contributed by atoms with E-state index in [1.807, 2.05) is 11.6 Å². The monoisotopic (exact) mass is 476 g/mol. The fraction of sp³-hybridized carbons (Fsp3) is 0.471. The number of hydrogen-bond acceptors (Lipinski definition) is 3. The summed E-state index contributed by atoms with van der Waals surface area (Å²) in [6, 6.07) is 3.70. The highest BCUT2D eigenvalue weighted by Crippen LogP contribution is 2.13. The average Bonchev–Trinajstić information content (AvgIpc) is 2.96. The molecule has 0 bridgehead atoms. The fourth-order valence-electron chi connectivity index (χ4n) is 2.99. The molecular weight excluding hydrogens is 453 g/mol. The van der Waals surface area contributed by atoms with Gasteiger partial charge in [0.15, 0.2) is 5.96 Å². The van der Waals surface area contributed by atoms with E-state index in [-0.39, 0.29) is 30.0 Å². The number of aliphatic imine (C=N–C) groups is 1. The van der Waals surface area contributed by atoms with Crippen LogP contribution in [0.4, 0.5) is 8.78 Å². The highest BCUT2D eigenvalue weighted by Gasteiger charge is 2.21. The third kappa shape index (κ3) is 5.12. The quantitative estimate of drug-likeness (QED) is 0.404. The van der Waals surface area contributed by atoms with Gasteiger partial charge in [-0.2, -0.15) is 5.10 Å². The first-order valence-electron chi connectivity index (χ1n) is 8.36. The Labute approximate surface area is 168 Å². The van der Waals surface area contributed by atoms with Gasteiger partial charge in [-0.1, -0.05) is 0 Å². The smallest absolute Gasteiger partial charge is 0.191 e.